The molecular formula is C8H11N3O4. The number of nitrogens with zero attached hydrogens (tertiary/aromatic N) is 3. The number of esters is 1. The molecule has 0 radical (unpaired) electrons. The smallest absolute Gasteiger partial charge is 0.312 e. The molecule has 1 unspecified atom stereocenters. The molecule has 15 heavy (non-hydrogen) atoms. The third kappa shape index (κ3) is 6.11. The Labute approximate surface area is 86.0 Å². The molecule has 0 aliphatic heterocycles. The molecule has 0 aliphatic rings. The van der Waals surface area contributed by atoms with E-state index in [4.69, 9.17) is 10.6 Å². The van der Waals surface area contributed by atoms with Gasteiger partial charge in [0.1, 0.15) is 6.04 Å². The van der Waals surface area contributed by atoms with Crippen LogP contribution in [0.15, 0.2) is 17.3 Å². The summed E-state index contributed by atoms with van der Waals surface area (Å²) in [6, 6.07) is -1.14. The molecule has 0 spiro atoms. The van der Waals surface area contributed by atoms with Gasteiger partial charge in [0.15, 0.2) is 0 Å². The van der Waals surface area contributed by atoms with Crippen LogP contribution < -0.4 is 0 Å². The molecule has 0 saturated carbocycles. The minimum absolute atomic E-state index is 0.0520. The van der Waals surface area contributed by atoms with Crippen LogP contribution in [0.5, 0.6) is 0 Å². The number of rotatable bonds is 6. The van der Waals surface area contributed by atoms with E-state index in [-0.39, 0.29) is 12.8 Å². The molecule has 7 heteroatoms. The van der Waals surface area contributed by atoms with Gasteiger partial charge in [-0.15, -0.1) is 0 Å². The molecule has 0 heterocycles. The summed E-state index contributed by atoms with van der Waals surface area (Å²) >= 11 is 0. The van der Waals surface area contributed by atoms with Crippen molar-refractivity contribution in [2.75, 3.05) is 7.11 Å². The molecule has 1 atom stereocenters. The molecule has 0 aromatic rings. The van der Waals surface area contributed by atoms with Crippen molar-refractivity contribution in [2.24, 2.45) is 5.11 Å². The van der Waals surface area contributed by atoms with E-state index in [9.17, 15) is 9.59 Å². The number of carbonyl (C=O) groups excluding carboxylic acids is 1. The number of aliphatic carboxylic acids is 1. The molecule has 82 valence electrons. The van der Waals surface area contributed by atoms with E-state index in [0.717, 1.165) is 0 Å². The number of carboxylic acid groups (broad SMARTS) is 1. The average Bonchev–Trinajstić information content (AvgIpc) is 2.21. The van der Waals surface area contributed by atoms with Crippen LogP contribution in [0.2, 0.25) is 0 Å². The second-order valence-electron chi connectivity index (χ2n) is 2.55. The number of hydrogen-bond acceptors (Lipinski definition) is 4. The second kappa shape index (κ2) is 7.40. The Hall–Kier alpha value is -2.01. The summed E-state index contributed by atoms with van der Waals surface area (Å²) in [5, 5.41) is 11.6. The molecule has 0 rings (SSSR count). The van der Waals surface area contributed by atoms with Gasteiger partial charge in [0.05, 0.1) is 13.5 Å². The third-order valence-corrected chi connectivity index (χ3v) is 1.51. The number of carboxylic acids is 1. The zero-order chi connectivity index (χ0) is 11.7. The summed E-state index contributed by atoms with van der Waals surface area (Å²) in [5.74, 6) is -1.61. The SMILES string of the molecule is COC(=O)CC=CCC(N=[N+]=[N-])C(=O)O. The highest BCUT2D eigenvalue weighted by molar-refractivity contribution is 5.74. The Morgan fingerprint density at radius 1 is 1.60 bits per heavy atom. The lowest BCUT2D eigenvalue weighted by Crippen LogP contribution is -2.15. The molecule has 0 aromatic carbocycles. The first kappa shape index (κ1) is 13.0. The van der Waals surface area contributed by atoms with Gasteiger partial charge in [-0.25, -0.2) is 0 Å². The Kier molecular flexibility index (Phi) is 6.41. The van der Waals surface area contributed by atoms with Gasteiger partial charge in [0.2, 0.25) is 0 Å². The van der Waals surface area contributed by atoms with Gasteiger partial charge in [-0.05, 0) is 12.0 Å². The minimum Gasteiger partial charge on any atom is -0.481 e. The summed E-state index contributed by atoms with van der Waals surface area (Å²) in [4.78, 5) is 23.5. The number of ether oxygens (including phenoxy) is 1. The molecule has 0 aromatic heterocycles. The largest absolute Gasteiger partial charge is 0.481 e. The Balaban J connectivity index is 4.05. The lowest BCUT2D eigenvalue weighted by Gasteiger charge is -1.99. The molecular weight excluding hydrogens is 202 g/mol. The highest BCUT2D eigenvalue weighted by Crippen LogP contribution is 2.01. The zero-order valence-electron chi connectivity index (χ0n) is 8.16. The first-order valence-corrected chi connectivity index (χ1v) is 4.10. The van der Waals surface area contributed by atoms with E-state index in [1.165, 1.54) is 19.3 Å². The standard InChI is InChI=1S/C8H11N3O4/c1-15-7(12)5-3-2-4-6(8(13)14)10-11-9/h2-3,6H,4-5H2,1H3,(H,13,14). The summed E-state index contributed by atoms with van der Waals surface area (Å²) in [5.41, 5.74) is 8.07. The van der Waals surface area contributed by atoms with Crippen molar-refractivity contribution in [1.29, 1.82) is 0 Å². The fraction of sp³-hybridized carbons (Fsp3) is 0.500. The lowest BCUT2D eigenvalue weighted by molar-refractivity contribution is -0.139. The lowest BCUT2D eigenvalue weighted by atomic mass is 10.2. The van der Waals surface area contributed by atoms with Gasteiger partial charge in [0.25, 0.3) is 0 Å². The summed E-state index contributed by atoms with van der Waals surface area (Å²) < 4.78 is 4.36. The number of azide groups is 1. The van der Waals surface area contributed by atoms with Gasteiger partial charge in [-0.3, -0.25) is 9.59 Å². The van der Waals surface area contributed by atoms with Crippen molar-refractivity contribution in [3.05, 3.63) is 22.6 Å². The topological polar surface area (TPSA) is 112 Å². The number of carbonyl (C=O) groups is 2. The van der Waals surface area contributed by atoms with Gasteiger partial charge in [-0.1, -0.05) is 17.3 Å². The monoisotopic (exact) mass is 213 g/mol. The normalized spacial score (nSPS) is 11.8. The summed E-state index contributed by atoms with van der Waals surface area (Å²) in [6.45, 7) is 0. The van der Waals surface area contributed by atoms with Gasteiger partial charge in [-0.2, -0.15) is 0 Å². The molecule has 0 bridgehead atoms. The van der Waals surface area contributed by atoms with Gasteiger partial charge < -0.3 is 9.84 Å². The highest BCUT2D eigenvalue weighted by atomic mass is 16.5. The van der Waals surface area contributed by atoms with Crippen molar-refractivity contribution in [2.45, 2.75) is 18.9 Å². The molecule has 0 fully saturated rings. The predicted molar refractivity (Wildman–Crippen MR) is 51.0 cm³/mol. The minimum atomic E-state index is -1.20. The van der Waals surface area contributed by atoms with E-state index in [2.05, 4.69) is 14.8 Å². The van der Waals surface area contributed by atoms with Crippen LogP contribution in [0.25, 0.3) is 10.4 Å². The van der Waals surface area contributed by atoms with E-state index in [1.807, 2.05) is 0 Å². The highest BCUT2D eigenvalue weighted by Gasteiger charge is 2.12. The second-order valence-corrected chi connectivity index (χ2v) is 2.55. The Bertz CT molecular complexity index is 305. The van der Waals surface area contributed by atoms with Gasteiger partial charge in [0, 0.05) is 4.91 Å². The first-order chi connectivity index (χ1) is 7.11. The Morgan fingerprint density at radius 2 is 2.27 bits per heavy atom. The van der Waals surface area contributed by atoms with Crippen LogP contribution in [-0.4, -0.2) is 30.2 Å². The first-order valence-electron chi connectivity index (χ1n) is 4.10. The molecule has 0 aliphatic carbocycles. The van der Waals surface area contributed by atoms with Crippen LogP contribution in [-0.2, 0) is 14.3 Å². The van der Waals surface area contributed by atoms with Crippen LogP contribution in [0.3, 0.4) is 0 Å². The fourth-order valence-corrected chi connectivity index (χ4v) is 0.748. The maximum absolute atomic E-state index is 10.6. The maximum atomic E-state index is 10.6. The third-order valence-electron chi connectivity index (χ3n) is 1.51. The van der Waals surface area contributed by atoms with Crippen molar-refractivity contribution in [3.8, 4) is 0 Å². The van der Waals surface area contributed by atoms with Crippen LogP contribution >= 0.6 is 0 Å². The molecule has 0 amide bonds. The predicted octanol–water partition coefficient (Wildman–Crippen LogP) is 1.26. The van der Waals surface area contributed by atoms with E-state index < -0.39 is 18.0 Å². The van der Waals surface area contributed by atoms with E-state index in [0.29, 0.717) is 0 Å². The van der Waals surface area contributed by atoms with Crippen molar-refractivity contribution in [1.82, 2.24) is 0 Å². The molecule has 1 N–H and O–H groups in total. The van der Waals surface area contributed by atoms with E-state index in [1.54, 1.807) is 0 Å². The van der Waals surface area contributed by atoms with Gasteiger partial charge >= 0.3 is 11.9 Å². The Morgan fingerprint density at radius 3 is 2.73 bits per heavy atom. The van der Waals surface area contributed by atoms with Crippen LogP contribution in [0.1, 0.15) is 12.8 Å². The van der Waals surface area contributed by atoms with E-state index >= 15 is 0 Å². The van der Waals surface area contributed by atoms with Crippen molar-refractivity contribution < 1.29 is 19.4 Å². The van der Waals surface area contributed by atoms with Crippen LogP contribution in [0, 0.1) is 0 Å². The molecule has 7 nitrogen and oxygen atoms in total. The zero-order valence-corrected chi connectivity index (χ0v) is 8.16. The number of methoxy groups -OCH3 is 1. The van der Waals surface area contributed by atoms with Crippen molar-refractivity contribution >= 4 is 11.9 Å². The van der Waals surface area contributed by atoms with Crippen LogP contribution in [0.4, 0.5) is 0 Å². The summed E-state index contributed by atoms with van der Waals surface area (Å²) in [6.07, 6.45) is 3.05. The quantitative estimate of drug-likeness (QED) is 0.235. The maximum Gasteiger partial charge on any atom is 0.312 e. The fourth-order valence-electron chi connectivity index (χ4n) is 0.748. The van der Waals surface area contributed by atoms with Crippen molar-refractivity contribution in [3.63, 3.8) is 0 Å². The molecule has 0 saturated heterocycles. The number of hydrogen-bond donors (Lipinski definition) is 1. The summed E-state index contributed by atoms with van der Waals surface area (Å²) in [7, 11) is 1.26. The average molecular weight is 213 g/mol.